The number of carbonyl (C=O) groups is 1. The van der Waals surface area contributed by atoms with Gasteiger partial charge in [0.1, 0.15) is 0 Å². The van der Waals surface area contributed by atoms with Crippen molar-refractivity contribution in [2.75, 3.05) is 26.2 Å². The highest BCUT2D eigenvalue weighted by atomic mass is 16.2. The molecule has 5 heteroatoms. The van der Waals surface area contributed by atoms with E-state index in [1.54, 1.807) is 0 Å². The molecule has 5 nitrogen and oxygen atoms in total. The molecule has 2 heterocycles. The molecule has 3 rings (SSSR count). The van der Waals surface area contributed by atoms with E-state index in [0.29, 0.717) is 18.3 Å². The molecule has 0 aromatic carbocycles. The minimum Gasteiger partial charge on any atom is -0.337 e. The second kappa shape index (κ2) is 7.51. The smallest absolute Gasteiger partial charge is 0.274 e. The molecule has 0 saturated carbocycles. The molecule has 1 aliphatic carbocycles. The van der Waals surface area contributed by atoms with Gasteiger partial charge in [0, 0.05) is 30.4 Å². The summed E-state index contributed by atoms with van der Waals surface area (Å²) in [6, 6.07) is 0.527. The van der Waals surface area contributed by atoms with Crippen molar-refractivity contribution >= 4 is 5.91 Å². The average Bonchev–Trinajstić information content (AvgIpc) is 3.24. The molecule has 1 aliphatic heterocycles. The molecule has 24 heavy (non-hydrogen) atoms. The predicted octanol–water partition coefficient (Wildman–Crippen LogP) is 2.50. The van der Waals surface area contributed by atoms with Crippen molar-refractivity contribution in [1.82, 2.24) is 19.6 Å². The van der Waals surface area contributed by atoms with Crippen LogP contribution in [0, 0.1) is 0 Å². The second-order valence-corrected chi connectivity index (χ2v) is 6.86. The zero-order valence-electron chi connectivity index (χ0n) is 15.1. The number of allylic oxidation sites excluding steroid dienone is 1. The van der Waals surface area contributed by atoms with Crippen LogP contribution in [0.1, 0.15) is 54.9 Å². The van der Waals surface area contributed by atoms with Crippen molar-refractivity contribution in [3.63, 3.8) is 0 Å². The molecular weight excluding hydrogens is 300 g/mol. The minimum atomic E-state index is 0.131. The van der Waals surface area contributed by atoms with Gasteiger partial charge in [0.2, 0.25) is 0 Å². The summed E-state index contributed by atoms with van der Waals surface area (Å²) in [5.41, 5.74) is 3.14. The van der Waals surface area contributed by atoms with Crippen LogP contribution in [-0.2, 0) is 19.4 Å². The Morgan fingerprint density at radius 3 is 2.67 bits per heavy atom. The molecule has 132 valence electrons. The summed E-state index contributed by atoms with van der Waals surface area (Å²) in [6.07, 6.45) is 7.20. The highest BCUT2D eigenvalue weighted by molar-refractivity contribution is 5.94. The van der Waals surface area contributed by atoms with E-state index < -0.39 is 0 Å². The van der Waals surface area contributed by atoms with Gasteiger partial charge >= 0.3 is 0 Å². The summed E-state index contributed by atoms with van der Waals surface area (Å²) < 4.78 is 2.00. The molecule has 0 radical (unpaired) electrons. The van der Waals surface area contributed by atoms with Crippen LogP contribution in [0.4, 0.5) is 0 Å². The van der Waals surface area contributed by atoms with Gasteiger partial charge in [-0.3, -0.25) is 9.48 Å². The first-order chi connectivity index (χ1) is 11.7. The van der Waals surface area contributed by atoms with Crippen LogP contribution in [0.2, 0.25) is 0 Å². The lowest BCUT2D eigenvalue weighted by Crippen LogP contribution is -2.39. The van der Waals surface area contributed by atoms with E-state index in [1.807, 2.05) is 15.7 Å². The summed E-state index contributed by atoms with van der Waals surface area (Å²) in [4.78, 5) is 17.4. The van der Waals surface area contributed by atoms with Gasteiger partial charge in [-0.05, 0) is 45.2 Å². The third kappa shape index (κ3) is 3.14. The number of rotatable bonds is 6. The summed E-state index contributed by atoms with van der Waals surface area (Å²) in [5.74, 6) is 0.131. The molecular formula is C19H30N4O. The van der Waals surface area contributed by atoms with Crippen LogP contribution < -0.4 is 0 Å². The van der Waals surface area contributed by atoms with Gasteiger partial charge in [-0.25, -0.2) is 0 Å². The number of carbonyl (C=O) groups excluding carboxylic acids is 1. The van der Waals surface area contributed by atoms with Crippen LogP contribution in [0.15, 0.2) is 12.7 Å². The lowest BCUT2D eigenvalue weighted by atomic mass is 9.90. The van der Waals surface area contributed by atoms with E-state index in [4.69, 9.17) is 5.10 Å². The van der Waals surface area contributed by atoms with Crippen molar-refractivity contribution in [3.8, 4) is 0 Å². The van der Waals surface area contributed by atoms with Crippen molar-refractivity contribution in [3.05, 3.63) is 29.6 Å². The van der Waals surface area contributed by atoms with Crippen LogP contribution in [0.25, 0.3) is 0 Å². The fourth-order valence-electron chi connectivity index (χ4n) is 4.24. The maximum absolute atomic E-state index is 13.0. The molecule has 1 aromatic rings. The number of fused-ring (bicyclic) bond motifs is 1. The maximum atomic E-state index is 13.0. The van der Waals surface area contributed by atoms with E-state index in [2.05, 4.69) is 25.3 Å². The molecule has 0 spiro atoms. The standard InChI is InChI=1S/C19H30N4O/c1-4-11-23-17-10-9-15(21(5-2)6-3)14-16(17)18(20-23)19(24)22-12-7-8-13-22/h4,15H,1,5-14H2,2-3H3. The van der Waals surface area contributed by atoms with E-state index >= 15 is 0 Å². The van der Waals surface area contributed by atoms with E-state index in [0.717, 1.165) is 58.3 Å². The first-order valence-electron chi connectivity index (χ1n) is 9.42. The normalized spacial score (nSPS) is 20.5. The molecule has 1 amide bonds. The zero-order chi connectivity index (χ0) is 17.1. The predicted molar refractivity (Wildman–Crippen MR) is 96.3 cm³/mol. The number of likely N-dealkylation sites (tertiary alicyclic amines) is 1. The summed E-state index contributed by atoms with van der Waals surface area (Å²) in [5, 5.41) is 4.71. The summed E-state index contributed by atoms with van der Waals surface area (Å²) in [7, 11) is 0. The van der Waals surface area contributed by atoms with Gasteiger partial charge in [-0.2, -0.15) is 5.10 Å². The quantitative estimate of drug-likeness (QED) is 0.753. The Morgan fingerprint density at radius 1 is 1.33 bits per heavy atom. The van der Waals surface area contributed by atoms with Crippen molar-refractivity contribution in [1.29, 1.82) is 0 Å². The SMILES string of the molecule is C=CCn1nc(C(=O)N2CCCC2)c2c1CCC(N(CC)CC)C2. The monoisotopic (exact) mass is 330 g/mol. The lowest BCUT2D eigenvalue weighted by molar-refractivity contribution is 0.0784. The lowest BCUT2D eigenvalue weighted by Gasteiger charge is -2.33. The number of amides is 1. The highest BCUT2D eigenvalue weighted by Gasteiger charge is 2.33. The van der Waals surface area contributed by atoms with Crippen LogP contribution in [0.5, 0.6) is 0 Å². The molecule has 1 unspecified atom stereocenters. The number of hydrogen-bond donors (Lipinski definition) is 0. The minimum absolute atomic E-state index is 0.131. The Balaban J connectivity index is 1.92. The van der Waals surface area contributed by atoms with E-state index in [1.165, 1.54) is 11.3 Å². The van der Waals surface area contributed by atoms with Gasteiger partial charge in [-0.15, -0.1) is 6.58 Å². The molecule has 1 fully saturated rings. The maximum Gasteiger partial charge on any atom is 0.274 e. The van der Waals surface area contributed by atoms with Crippen molar-refractivity contribution < 1.29 is 4.79 Å². The Morgan fingerprint density at radius 2 is 2.04 bits per heavy atom. The fraction of sp³-hybridized carbons (Fsp3) is 0.684. The largest absolute Gasteiger partial charge is 0.337 e. The molecule has 1 aromatic heterocycles. The third-order valence-corrected chi connectivity index (χ3v) is 5.55. The van der Waals surface area contributed by atoms with Gasteiger partial charge in [0.05, 0.1) is 6.54 Å². The number of likely N-dealkylation sites (N-methyl/N-ethyl adjacent to an activating group) is 1. The van der Waals surface area contributed by atoms with Crippen LogP contribution in [-0.4, -0.2) is 57.7 Å². The first kappa shape index (κ1) is 17.2. The van der Waals surface area contributed by atoms with Gasteiger partial charge in [0.15, 0.2) is 5.69 Å². The highest BCUT2D eigenvalue weighted by Crippen LogP contribution is 2.29. The van der Waals surface area contributed by atoms with Gasteiger partial charge in [0.25, 0.3) is 5.91 Å². The summed E-state index contributed by atoms with van der Waals surface area (Å²) >= 11 is 0. The zero-order valence-corrected chi connectivity index (χ0v) is 15.1. The molecule has 2 aliphatic rings. The Kier molecular flexibility index (Phi) is 5.39. The number of aromatic nitrogens is 2. The molecule has 0 N–H and O–H groups in total. The first-order valence-corrected chi connectivity index (χ1v) is 9.42. The van der Waals surface area contributed by atoms with Crippen molar-refractivity contribution in [2.45, 2.75) is 58.5 Å². The topological polar surface area (TPSA) is 41.4 Å². The third-order valence-electron chi connectivity index (χ3n) is 5.55. The summed E-state index contributed by atoms with van der Waals surface area (Å²) in [6.45, 7) is 12.8. The average molecular weight is 330 g/mol. The Hall–Kier alpha value is -1.62. The van der Waals surface area contributed by atoms with E-state index in [-0.39, 0.29) is 5.91 Å². The van der Waals surface area contributed by atoms with Crippen LogP contribution in [0.3, 0.4) is 0 Å². The molecule has 0 bridgehead atoms. The van der Waals surface area contributed by atoms with Crippen molar-refractivity contribution in [2.24, 2.45) is 0 Å². The number of hydrogen-bond acceptors (Lipinski definition) is 3. The fourth-order valence-corrected chi connectivity index (χ4v) is 4.24. The van der Waals surface area contributed by atoms with Gasteiger partial charge in [-0.1, -0.05) is 19.9 Å². The second-order valence-electron chi connectivity index (χ2n) is 6.86. The number of nitrogens with zero attached hydrogens (tertiary/aromatic N) is 4. The molecule has 1 saturated heterocycles. The Labute approximate surface area is 145 Å². The Bertz CT molecular complexity index is 597. The van der Waals surface area contributed by atoms with E-state index in [9.17, 15) is 4.79 Å². The van der Waals surface area contributed by atoms with Crippen LogP contribution >= 0.6 is 0 Å². The van der Waals surface area contributed by atoms with Gasteiger partial charge < -0.3 is 9.80 Å². The molecule has 1 atom stereocenters.